The van der Waals surface area contributed by atoms with Crippen LogP contribution in [0.4, 0.5) is 0 Å². The summed E-state index contributed by atoms with van der Waals surface area (Å²) < 4.78 is 0. The number of aromatic nitrogens is 1. The number of thiazole rings is 1. The van der Waals surface area contributed by atoms with Crippen molar-refractivity contribution in [2.75, 3.05) is 0 Å². The first-order valence-corrected chi connectivity index (χ1v) is 6.53. The fourth-order valence-electron chi connectivity index (χ4n) is 2.05. The van der Waals surface area contributed by atoms with Crippen molar-refractivity contribution in [2.24, 2.45) is 11.8 Å². The second-order valence-corrected chi connectivity index (χ2v) is 5.43. The summed E-state index contributed by atoms with van der Waals surface area (Å²) in [6.07, 6.45) is 6.35. The molecule has 1 atom stereocenters. The number of hydrogen-bond acceptors (Lipinski definition) is 4. The predicted molar refractivity (Wildman–Crippen MR) is 63.6 cm³/mol. The van der Waals surface area contributed by atoms with Crippen molar-refractivity contribution in [3.63, 3.8) is 0 Å². The average Bonchev–Trinajstić information content (AvgIpc) is 2.55. The highest BCUT2D eigenvalue weighted by molar-refractivity contribution is 7.09. The maximum Gasteiger partial charge on any atom is 0.0944 e. The van der Waals surface area contributed by atoms with E-state index < -0.39 is 0 Å². The quantitative estimate of drug-likeness (QED) is 0.595. The Bertz CT molecular complexity index is 307. The van der Waals surface area contributed by atoms with Crippen molar-refractivity contribution < 1.29 is 0 Å². The number of hydrogen-bond donors (Lipinski definition) is 2. The summed E-state index contributed by atoms with van der Waals surface area (Å²) in [5.74, 6) is 6.48. The molecule has 1 aromatic rings. The van der Waals surface area contributed by atoms with Gasteiger partial charge in [-0.05, 0) is 19.3 Å². The lowest BCUT2D eigenvalue weighted by molar-refractivity contribution is 0.259. The maximum atomic E-state index is 5.58. The van der Waals surface area contributed by atoms with Crippen LogP contribution in [0.1, 0.15) is 36.4 Å². The highest BCUT2D eigenvalue weighted by Crippen LogP contribution is 2.31. The lowest BCUT2D eigenvalue weighted by atomic mass is 9.80. The Morgan fingerprint density at radius 2 is 2.47 bits per heavy atom. The molecular weight excluding hydrogens is 206 g/mol. The zero-order valence-corrected chi connectivity index (χ0v) is 10.0. The van der Waals surface area contributed by atoms with E-state index in [1.54, 1.807) is 11.3 Å². The first-order valence-electron chi connectivity index (χ1n) is 5.65. The van der Waals surface area contributed by atoms with Gasteiger partial charge in [0, 0.05) is 23.5 Å². The van der Waals surface area contributed by atoms with Crippen LogP contribution in [0.2, 0.25) is 0 Å². The zero-order chi connectivity index (χ0) is 10.7. The normalized spacial score (nSPS) is 18.8. The SMILES string of the molecule is Cc1csc(CC(CC2CCC2)NN)n1. The fourth-order valence-corrected chi connectivity index (χ4v) is 2.90. The molecule has 0 aliphatic heterocycles. The van der Waals surface area contributed by atoms with Crippen molar-refractivity contribution in [3.05, 3.63) is 16.1 Å². The molecule has 2 rings (SSSR count). The Labute approximate surface area is 95.1 Å². The average molecular weight is 225 g/mol. The van der Waals surface area contributed by atoms with Crippen molar-refractivity contribution in [2.45, 2.75) is 45.1 Å². The summed E-state index contributed by atoms with van der Waals surface area (Å²) >= 11 is 1.74. The van der Waals surface area contributed by atoms with E-state index >= 15 is 0 Å². The second-order valence-electron chi connectivity index (χ2n) is 4.48. The number of aryl methyl sites for hydroxylation is 1. The second kappa shape index (κ2) is 5.05. The number of hydrazine groups is 1. The van der Waals surface area contributed by atoms with Gasteiger partial charge in [-0.1, -0.05) is 19.3 Å². The number of nitrogens with zero attached hydrogens (tertiary/aromatic N) is 1. The van der Waals surface area contributed by atoms with E-state index in [-0.39, 0.29) is 0 Å². The number of rotatable bonds is 5. The van der Waals surface area contributed by atoms with E-state index in [0.29, 0.717) is 6.04 Å². The minimum Gasteiger partial charge on any atom is -0.271 e. The van der Waals surface area contributed by atoms with Crippen molar-refractivity contribution in [1.82, 2.24) is 10.4 Å². The molecular formula is C11H19N3S. The molecule has 1 aromatic heterocycles. The highest BCUT2D eigenvalue weighted by atomic mass is 32.1. The fraction of sp³-hybridized carbons (Fsp3) is 0.727. The Morgan fingerprint density at radius 3 is 2.93 bits per heavy atom. The lowest BCUT2D eigenvalue weighted by Crippen LogP contribution is -2.39. The van der Waals surface area contributed by atoms with Gasteiger partial charge in [-0.3, -0.25) is 11.3 Å². The molecule has 0 saturated heterocycles. The molecule has 1 aliphatic carbocycles. The highest BCUT2D eigenvalue weighted by Gasteiger charge is 2.22. The van der Waals surface area contributed by atoms with Gasteiger partial charge in [0.05, 0.1) is 5.01 Å². The molecule has 1 unspecified atom stereocenters. The molecule has 1 saturated carbocycles. The van der Waals surface area contributed by atoms with Crippen LogP contribution in [0.3, 0.4) is 0 Å². The van der Waals surface area contributed by atoms with E-state index in [1.807, 2.05) is 6.92 Å². The van der Waals surface area contributed by atoms with Gasteiger partial charge in [-0.2, -0.15) is 0 Å². The summed E-state index contributed by atoms with van der Waals surface area (Å²) in [6, 6.07) is 0.404. The van der Waals surface area contributed by atoms with Gasteiger partial charge in [-0.15, -0.1) is 11.3 Å². The summed E-state index contributed by atoms with van der Waals surface area (Å²) in [5.41, 5.74) is 4.05. The van der Waals surface area contributed by atoms with E-state index in [0.717, 1.165) is 18.0 Å². The standard InChI is InChI=1S/C11H19N3S/c1-8-7-15-11(13-8)6-10(14-12)5-9-3-2-4-9/h7,9-10,14H,2-6,12H2,1H3. The molecule has 15 heavy (non-hydrogen) atoms. The molecule has 0 amide bonds. The molecule has 3 N–H and O–H groups in total. The zero-order valence-electron chi connectivity index (χ0n) is 9.20. The first-order chi connectivity index (χ1) is 7.28. The van der Waals surface area contributed by atoms with Crippen LogP contribution >= 0.6 is 11.3 Å². The van der Waals surface area contributed by atoms with Crippen LogP contribution in [-0.2, 0) is 6.42 Å². The van der Waals surface area contributed by atoms with Crippen LogP contribution < -0.4 is 11.3 Å². The minimum atomic E-state index is 0.404. The monoisotopic (exact) mass is 225 g/mol. The lowest BCUT2D eigenvalue weighted by Gasteiger charge is -2.29. The maximum absolute atomic E-state index is 5.58. The van der Waals surface area contributed by atoms with E-state index in [1.165, 1.54) is 30.7 Å². The molecule has 1 heterocycles. The molecule has 0 spiro atoms. The molecule has 4 heteroatoms. The smallest absolute Gasteiger partial charge is 0.0944 e. The third-order valence-corrected chi connectivity index (χ3v) is 4.15. The third-order valence-electron chi connectivity index (χ3n) is 3.17. The van der Waals surface area contributed by atoms with E-state index in [2.05, 4.69) is 15.8 Å². The van der Waals surface area contributed by atoms with Crippen molar-refractivity contribution >= 4 is 11.3 Å². The van der Waals surface area contributed by atoms with Crippen LogP contribution in [0.15, 0.2) is 5.38 Å². The van der Waals surface area contributed by atoms with Crippen molar-refractivity contribution in [1.29, 1.82) is 0 Å². The van der Waals surface area contributed by atoms with Gasteiger partial charge in [0.15, 0.2) is 0 Å². The molecule has 84 valence electrons. The first kappa shape index (κ1) is 11.0. The summed E-state index contributed by atoms with van der Waals surface area (Å²) in [7, 11) is 0. The molecule has 1 aliphatic rings. The minimum absolute atomic E-state index is 0.404. The largest absolute Gasteiger partial charge is 0.271 e. The molecule has 0 aromatic carbocycles. The Morgan fingerprint density at radius 1 is 1.67 bits per heavy atom. The Balaban J connectivity index is 1.84. The van der Waals surface area contributed by atoms with Crippen molar-refractivity contribution in [3.8, 4) is 0 Å². The Kier molecular flexibility index (Phi) is 3.72. The van der Waals surface area contributed by atoms with Crippen LogP contribution in [0, 0.1) is 12.8 Å². The van der Waals surface area contributed by atoms with Crippen LogP contribution in [0.5, 0.6) is 0 Å². The number of nitrogens with two attached hydrogens (primary N) is 1. The van der Waals surface area contributed by atoms with E-state index in [4.69, 9.17) is 5.84 Å². The summed E-state index contributed by atoms with van der Waals surface area (Å²) in [4.78, 5) is 4.47. The van der Waals surface area contributed by atoms with Crippen LogP contribution in [0.25, 0.3) is 0 Å². The predicted octanol–water partition coefficient (Wildman–Crippen LogP) is 2.02. The molecule has 1 fully saturated rings. The molecule has 0 radical (unpaired) electrons. The van der Waals surface area contributed by atoms with Gasteiger partial charge in [0.25, 0.3) is 0 Å². The van der Waals surface area contributed by atoms with E-state index in [9.17, 15) is 0 Å². The van der Waals surface area contributed by atoms with Gasteiger partial charge in [0.1, 0.15) is 0 Å². The van der Waals surface area contributed by atoms with Gasteiger partial charge < -0.3 is 0 Å². The third kappa shape index (κ3) is 3.00. The summed E-state index contributed by atoms with van der Waals surface area (Å²) in [6.45, 7) is 2.04. The van der Waals surface area contributed by atoms with Gasteiger partial charge in [-0.25, -0.2) is 4.98 Å². The molecule has 0 bridgehead atoms. The summed E-state index contributed by atoms with van der Waals surface area (Å²) in [5, 5.41) is 3.31. The van der Waals surface area contributed by atoms with Gasteiger partial charge in [0.2, 0.25) is 0 Å². The topological polar surface area (TPSA) is 50.9 Å². The Hall–Kier alpha value is -0.450. The molecule has 3 nitrogen and oxygen atoms in total. The van der Waals surface area contributed by atoms with Crippen LogP contribution in [-0.4, -0.2) is 11.0 Å². The number of nitrogens with one attached hydrogen (secondary N) is 1. The van der Waals surface area contributed by atoms with Gasteiger partial charge >= 0.3 is 0 Å².